The number of hydrogen-bond acceptors (Lipinski definition) is 8. The molecule has 2 fully saturated rings. The van der Waals surface area contributed by atoms with Crippen LogP contribution in [0.15, 0.2) is 41.3 Å². The Morgan fingerprint density at radius 1 is 1.00 bits per heavy atom. The maximum absolute atomic E-state index is 12.5. The minimum absolute atomic E-state index is 0.231. The molecule has 2 saturated heterocycles. The van der Waals surface area contributed by atoms with Crippen molar-refractivity contribution in [2.45, 2.75) is 18.9 Å². The molecular formula is C22H26N6O3. The van der Waals surface area contributed by atoms with Crippen molar-refractivity contribution < 1.29 is 9.84 Å². The summed E-state index contributed by atoms with van der Waals surface area (Å²) in [5, 5.41) is 13.6. The zero-order chi connectivity index (χ0) is 21.2. The van der Waals surface area contributed by atoms with Gasteiger partial charge in [-0.15, -0.1) is 0 Å². The van der Waals surface area contributed by atoms with Crippen LogP contribution in [0.1, 0.15) is 12.8 Å². The molecule has 2 aliphatic rings. The summed E-state index contributed by atoms with van der Waals surface area (Å²) in [6.07, 6.45) is 2.69. The molecule has 9 nitrogen and oxygen atoms in total. The first-order valence-electron chi connectivity index (χ1n) is 10.7. The highest BCUT2D eigenvalue weighted by Gasteiger charge is 2.21. The average molecular weight is 422 g/mol. The molecule has 0 unspecified atom stereocenters. The minimum atomic E-state index is -0.276. The molecule has 1 aromatic carbocycles. The van der Waals surface area contributed by atoms with Crippen molar-refractivity contribution in [1.82, 2.24) is 15.0 Å². The number of fused-ring (bicyclic) bond motifs is 1. The smallest absolute Gasteiger partial charge is 0.261 e. The summed E-state index contributed by atoms with van der Waals surface area (Å²) in [5.74, 6) is 1.05. The summed E-state index contributed by atoms with van der Waals surface area (Å²) in [6, 6.07) is 9.90. The van der Waals surface area contributed by atoms with E-state index in [9.17, 15) is 9.90 Å². The van der Waals surface area contributed by atoms with E-state index in [2.05, 4.69) is 37.2 Å². The van der Waals surface area contributed by atoms with Gasteiger partial charge in [0.25, 0.3) is 5.56 Å². The van der Waals surface area contributed by atoms with E-state index < -0.39 is 0 Å². The van der Waals surface area contributed by atoms with Crippen LogP contribution in [0, 0.1) is 0 Å². The molecule has 0 spiro atoms. The van der Waals surface area contributed by atoms with Crippen molar-refractivity contribution in [3.8, 4) is 0 Å². The van der Waals surface area contributed by atoms with Gasteiger partial charge < -0.3 is 29.9 Å². The van der Waals surface area contributed by atoms with Gasteiger partial charge in [0.15, 0.2) is 0 Å². The fourth-order valence-corrected chi connectivity index (χ4v) is 4.09. The van der Waals surface area contributed by atoms with E-state index in [1.54, 1.807) is 12.3 Å². The Kier molecular flexibility index (Phi) is 5.44. The van der Waals surface area contributed by atoms with Crippen LogP contribution in [0.5, 0.6) is 0 Å². The second kappa shape index (κ2) is 8.52. The first-order chi connectivity index (χ1) is 15.2. The summed E-state index contributed by atoms with van der Waals surface area (Å²) in [5.41, 5.74) is 2.35. The number of rotatable bonds is 4. The Morgan fingerprint density at radius 2 is 1.74 bits per heavy atom. The Balaban J connectivity index is 1.46. The maximum atomic E-state index is 12.5. The molecule has 3 aromatic rings. The largest absolute Gasteiger partial charge is 0.393 e. The van der Waals surface area contributed by atoms with Gasteiger partial charge in [0.1, 0.15) is 11.2 Å². The van der Waals surface area contributed by atoms with Crippen molar-refractivity contribution in [1.29, 1.82) is 0 Å². The molecule has 4 heterocycles. The number of piperidine rings is 1. The highest BCUT2D eigenvalue weighted by molar-refractivity contribution is 5.91. The van der Waals surface area contributed by atoms with Crippen molar-refractivity contribution in [3.63, 3.8) is 0 Å². The molecular weight excluding hydrogens is 396 g/mol. The number of H-pyrrole nitrogens is 1. The number of aliphatic hydroxyl groups is 1. The Hall–Kier alpha value is -3.17. The van der Waals surface area contributed by atoms with Crippen LogP contribution >= 0.6 is 0 Å². The van der Waals surface area contributed by atoms with Crippen LogP contribution in [-0.4, -0.2) is 65.6 Å². The van der Waals surface area contributed by atoms with E-state index in [4.69, 9.17) is 9.72 Å². The van der Waals surface area contributed by atoms with Gasteiger partial charge in [0.05, 0.1) is 24.8 Å². The third-order valence-corrected chi connectivity index (χ3v) is 5.86. The lowest BCUT2D eigenvalue weighted by molar-refractivity contribution is 0.122. The van der Waals surface area contributed by atoms with Gasteiger partial charge in [-0.05, 0) is 43.2 Å². The van der Waals surface area contributed by atoms with Gasteiger partial charge in [-0.2, -0.15) is 4.98 Å². The van der Waals surface area contributed by atoms with Crippen LogP contribution in [0.3, 0.4) is 0 Å². The third-order valence-electron chi connectivity index (χ3n) is 5.86. The number of benzene rings is 1. The second-order valence-electron chi connectivity index (χ2n) is 7.93. The number of aliphatic hydroxyl groups excluding tert-OH is 1. The fourth-order valence-electron chi connectivity index (χ4n) is 4.09. The minimum Gasteiger partial charge on any atom is -0.393 e. The SMILES string of the molecule is O=c1[nH]ccc2nc(N3CCC(O)CC3)nc(Nc3ccc(N4CCOCC4)cc3)c12. The normalized spacial score (nSPS) is 17.8. The number of morpholine rings is 1. The van der Waals surface area contributed by atoms with E-state index >= 15 is 0 Å². The van der Waals surface area contributed by atoms with E-state index in [1.165, 1.54) is 0 Å². The number of hydrogen-bond donors (Lipinski definition) is 3. The molecule has 9 heteroatoms. The van der Waals surface area contributed by atoms with Gasteiger partial charge in [0.2, 0.25) is 5.95 Å². The lowest BCUT2D eigenvalue weighted by atomic mass is 10.1. The van der Waals surface area contributed by atoms with E-state index in [0.717, 1.165) is 37.7 Å². The third kappa shape index (κ3) is 4.19. The predicted octanol–water partition coefficient (Wildman–Crippen LogP) is 1.86. The van der Waals surface area contributed by atoms with Crippen LogP contribution < -0.4 is 20.7 Å². The Bertz CT molecular complexity index is 1100. The van der Waals surface area contributed by atoms with Crippen LogP contribution in [0.25, 0.3) is 10.9 Å². The standard InChI is InChI=1S/C22H26N6O3/c29-17-6-9-28(10-7-17)22-25-18-5-8-23-21(30)19(18)20(26-22)24-15-1-3-16(4-2-15)27-11-13-31-14-12-27/h1-5,8,17,29H,6-7,9-14H2,(H,23,30)(H,24,25,26). The van der Waals surface area contributed by atoms with Crippen LogP contribution in [-0.2, 0) is 4.74 Å². The highest BCUT2D eigenvalue weighted by atomic mass is 16.5. The molecule has 0 saturated carbocycles. The first kappa shape index (κ1) is 19.8. The molecule has 31 heavy (non-hydrogen) atoms. The van der Waals surface area contributed by atoms with Crippen molar-refractivity contribution in [3.05, 3.63) is 46.9 Å². The molecule has 0 amide bonds. The zero-order valence-electron chi connectivity index (χ0n) is 17.3. The van der Waals surface area contributed by atoms with Gasteiger partial charge in [0, 0.05) is 43.8 Å². The lowest BCUT2D eigenvalue weighted by Crippen LogP contribution is -2.37. The molecule has 0 radical (unpaired) electrons. The van der Waals surface area contributed by atoms with Gasteiger partial charge in [-0.25, -0.2) is 4.98 Å². The number of nitrogens with one attached hydrogen (secondary N) is 2. The molecule has 2 aliphatic heterocycles. The van der Waals surface area contributed by atoms with Crippen molar-refractivity contribution >= 4 is 34.0 Å². The van der Waals surface area contributed by atoms with Gasteiger partial charge in [-0.3, -0.25) is 4.79 Å². The monoisotopic (exact) mass is 422 g/mol. The fraction of sp³-hybridized carbons (Fsp3) is 0.409. The highest BCUT2D eigenvalue weighted by Crippen LogP contribution is 2.27. The van der Waals surface area contributed by atoms with E-state index in [1.807, 2.05) is 12.1 Å². The molecule has 0 atom stereocenters. The summed E-state index contributed by atoms with van der Waals surface area (Å²) in [6.45, 7) is 4.62. The van der Waals surface area contributed by atoms with Gasteiger partial charge in [-0.1, -0.05) is 0 Å². The first-order valence-corrected chi connectivity index (χ1v) is 10.7. The summed E-state index contributed by atoms with van der Waals surface area (Å²) < 4.78 is 5.42. The number of aromatic nitrogens is 3. The van der Waals surface area contributed by atoms with Gasteiger partial charge >= 0.3 is 0 Å². The van der Waals surface area contributed by atoms with Crippen molar-refractivity contribution in [2.24, 2.45) is 0 Å². The summed E-state index contributed by atoms with van der Waals surface area (Å²) >= 11 is 0. The Morgan fingerprint density at radius 3 is 2.48 bits per heavy atom. The van der Waals surface area contributed by atoms with Crippen LogP contribution in [0.2, 0.25) is 0 Å². The molecule has 5 rings (SSSR count). The number of nitrogens with zero attached hydrogens (tertiary/aromatic N) is 4. The quantitative estimate of drug-likeness (QED) is 0.585. The predicted molar refractivity (Wildman–Crippen MR) is 120 cm³/mol. The average Bonchev–Trinajstić information content (AvgIpc) is 2.80. The molecule has 0 bridgehead atoms. The molecule has 162 valence electrons. The van der Waals surface area contributed by atoms with E-state index in [-0.39, 0.29) is 11.7 Å². The molecule has 2 aromatic heterocycles. The number of pyridine rings is 1. The summed E-state index contributed by atoms with van der Waals surface area (Å²) in [7, 11) is 0. The molecule has 0 aliphatic carbocycles. The Labute approximate surface area is 179 Å². The number of aromatic amines is 1. The summed E-state index contributed by atoms with van der Waals surface area (Å²) in [4.78, 5) is 28.9. The second-order valence-corrected chi connectivity index (χ2v) is 7.93. The topological polar surface area (TPSA) is 107 Å². The van der Waals surface area contributed by atoms with Crippen LogP contribution in [0.4, 0.5) is 23.1 Å². The zero-order valence-corrected chi connectivity index (χ0v) is 17.3. The lowest BCUT2D eigenvalue weighted by Gasteiger charge is -2.30. The maximum Gasteiger partial charge on any atom is 0.261 e. The van der Waals surface area contributed by atoms with E-state index in [0.29, 0.717) is 48.6 Å². The molecule has 3 N–H and O–H groups in total. The number of ether oxygens (including phenoxy) is 1. The number of anilines is 4. The van der Waals surface area contributed by atoms with Crippen molar-refractivity contribution in [2.75, 3.05) is 54.5 Å².